The van der Waals surface area contributed by atoms with E-state index in [0.29, 0.717) is 22.9 Å². The molecule has 2 aromatic carbocycles. The molecule has 0 spiro atoms. The number of hydrogen-bond acceptors (Lipinski definition) is 6. The SMILES string of the molecule is COc1ccccc1Nc1nncc(Nc2ccc(C(F)(F)F)cc2)n1. The maximum atomic E-state index is 12.6. The molecule has 0 aliphatic carbocycles. The van der Waals surface area contributed by atoms with E-state index in [0.717, 1.165) is 12.1 Å². The highest BCUT2D eigenvalue weighted by Crippen LogP contribution is 2.30. The van der Waals surface area contributed by atoms with Gasteiger partial charge in [-0.15, -0.1) is 5.10 Å². The maximum Gasteiger partial charge on any atom is 0.416 e. The molecular weight excluding hydrogens is 347 g/mol. The molecule has 3 aromatic rings. The summed E-state index contributed by atoms with van der Waals surface area (Å²) in [5.41, 5.74) is 0.382. The molecule has 0 fully saturated rings. The van der Waals surface area contributed by atoms with Gasteiger partial charge >= 0.3 is 6.18 Å². The molecule has 6 nitrogen and oxygen atoms in total. The van der Waals surface area contributed by atoms with Gasteiger partial charge in [0.25, 0.3) is 0 Å². The largest absolute Gasteiger partial charge is 0.495 e. The molecule has 9 heteroatoms. The summed E-state index contributed by atoms with van der Waals surface area (Å²) in [7, 11) is 1.54. The first-order chi connectivity index (χ1) is 12.5. The van der Waals surface area contributed by atoms with Crippen molar-refractivity contribution in [3.8, 4) is 5.75 Å². The van der Waals surface area contributed by atoms with Crippen LogP contribution in [0.4, 0.5) is 36.3 Å². The zero-order chi connectivity index (χ0) is 18.6. The number of anilines is 4. The fraction of sp³-hybridized carbons (Fsp3) is 0.118. The average molecular weight is 361 g/mol. The van der Waals surface area contributed by atoms with Crippen molar-refractivity contribution in [2.24, 2.45) is 0 Å². The van der Waals surface area contributed by atoms with Gasteiger partial charge in [-0.1, -0.05) is 12.1 Å². The van der Waals surface area contributed by atoms with Crippen LogP contribution < -0.4 is 15.4 Å². The molecule has 1 aromatic heterocycles. The summed E-state index contributed by atoms with van der Waals surface area (Å²) in [6.45, 7) is 0. The highest BCUT2D eigenvalue weighted by atomic mass is 19.4. The van der Waals surface area contributed by atoms with Crippen molar-refractivity contribution in [1.29, 1.82) is 0 Å². The van der Waals surface area contributed by atoms with E-state index in [1.165, 1.54) is 18.3 Å². The Morgan fingerprint density at radius 1 is 0.962 bits per heavy atom. The fourth-order valence-corrected chi connectivity index (χ4v) is 2.18. The summed E-state index contributed by atoms with van der Waals surface area (Å²) >= 11 is 0. The van der Waals surface area contributed by atoms with Gasteiger partial charge in [-0.25, -0.2) is 0 Å². The van der Waals surface area contributed by atoms with Gasteiger partial charge in [-0.3, -0.25) is 0 Å². The molecule has 0 radical (unpaired) electrons. The van der Waals surface area contributed by atoms with Crippen molar-refractivity contribution in [3.05, 3.63) is 60.3 Å². The van der Waals surface area contributed by atoms with E-state index in [1.54, 1.807) is 19.2 Å². The Bertz CT molecular complexity index is 884. The van der Waals surface area contributed by atoms with Crippen LogP contribution in [0, 0.1) is 0 Å². The average Bonchev–Trinajstić information content (AvgIpc) is 2.62. The molecule has 0 saturated heterocycles. The topological polar surface area (TPSA) is 72.0 Å². The normalized spacial score (nSPS) is 11.1. The van der Waals surface area contributed by atoms with Gasteiger partial charge in [-0.2, -0.15) is 23.3 Å². The lowest BCUT2D eigenvalue weighted by Gasteiger charge is -2.11. The Morgan fingerprint density at radius 2 is 1.69 bits per heavy atom. The van der Waals surface area contributed by atoms with Crippen LogP contribution in [-0.2, 0) is 6.18 Å². The van der Waals surface area contributed by atoms with Crippen LogP contribution in [-0.4, -0.2) is 22.3 Å². The number of benzene rings is 2. The Hall–Kier alpha value is -3.36. The molecule has 0 amide bonds. The van der Waals surface area contributed by atoms with Crippen LogP contribution >= 0.6 is 0 Å². The van der Waals surface area contributed by atoms with E-state index in [2.05, 4.69) is 25.8 Å². The van der Waals surface area contributed by atoms with Gasteiger partial charge in [0.1, 0.15) is 5.75 Å². The van der Waals surface area contributed by atoms with Gasteiger partial charge in [0.2, 0.25) is 5.95 Å². The maximum absolute atomic E-state index is 12.6. The zero-order valence-electron chi connectivity index (χ0n) is 13.6. The summed E-state index contributed by atoms with van der Waals surface area (Å²) in [6.07, 6.45) is -3.01. The third kappa shape index (κ3) is 4.18. The lowest BCUT2D eigenvalue weighted by atomic mass is 10.2. The van der Waals surface area contributed by atoms with Crippen molar-refractivity contribution in [2.45, 2.75) is 6.18 Å². The second-order valence-electron chi connectivity index (χ2n) is 5.19. The van der Waals surface area contributed by atoms with Gasteiger partial charge in [0.05, 0.1) is 24.6 Å². The lowest BCUT2D eigenvalue weighted by Crippen LogP contribution is -2.05. The van der Waals surface area contributed by atoms with E-state index in [-0.39, 0.29) is 5.95 Å². The summed E-state index contributed by atoms with van der Waals surface area (Å²) in [5, 5.41) is 13.6. The first-order valence-corrected chi connectivity index (χ1v) is 7.50. The van der Waals surface area contributed by atoms with Crippen LogP contribution in [0.25, 0.3) is 0 Å². The quantitative estimate of drug-likeness (QED) is 0.702. The van der Waals surface area contributed by atoms with Gasteiger partial charge in [-0.05, 0) is 36.4 Å². The van der Waals surface area contributed by atoms with E-state index < -0.39 is 11.7 Å². The molecule has 0 aliphatic rings. The molecular formula is C17H14F3N5O. The smallest absolute Gasteiger partial charge is 0.416 e. The van der Waals surface area contributed by atoms with Gasteiger partial charge < -0.3 is 15.4 Å². The van der Waals surface area contributed by atoms with E-state index in [4.69, 9.17) is 4.74 Å². The molecule has 0 saturated carbocycles. The van der Waals surface area contributed by atoms with E-state index in [1.807, 2.05) is 12.1 Å². The molecule has 0 atom stereocenters. The minimum atomic E-state index is -4.37. The van der Waals surface area contributed by atoms with Crippen LogP contribution in [0.2, 0.25) is 0 Å². The highest BCUT2D eigenvalue weighted by molar-refractivity contribution is 5.63. The van der Waals surface area contributed by atoms with E-state index in [9.17, 15) is 13.2 Å². The summed E-state index contributed by atoms with van der Waals surface area (Å²) in [5.74, 6) is 1.15. The van der Waals surface area contributed by atoms with Crippen LogP contribution in [0.3, 0.4) is 0 Å². The molecule has 2 N–H and O–H groups in total. The van der Waals surface area contributed by atoms with Crippen molar-refractivity contribution in [2.75, 3.05) is 17.7 Å². The number of ether oxygens (including phenoxy) is 1. The summed E-state index contributed by atoms with van der Waals surface area (Å²) in [6, 6.07) is 11.8. The summed E-state index contributed by atoms with van der Waals surface area (Å²) < 4.78 is 43.0. The molecule has 0 bridgehead atoms. The monoisotopic (exact) mass is 361 g/mol. The van der Waals surface area contributed by atoms with Crippen molar-refractivity contribution < 1.29 is 17.9 Å². The highest BCUT2D eigenvalue weighted by Gasteiger charge is 2.29. The zero-order valence-corrected chi connectivity index (χ0v) is 13.6. The van der Waals surface area contributed by atoms with E-state index >= 15 is 0 Å². The molecule has 0 aliphatic heterocycles. The third-order valence-corrected chi connectivity index (χ3v) is 3.40. The number of nitrogens with one attached hydrogen (secondary N) is 2. The number of hydrogen-bond donors (Lipinski definition) is 2. The number of alkyl halides is 3. The Balaban J connectivity index is 1.75. The van der Waals surface area contributed by atoms with Gasteiger partial charge in [0, 0.05) is 5.69 Å². The van der Waals surface area contributed by atoms with Gasteiger partial charge in [0.15, 0.2) is 5.82 Å². The molecule has 134 valence electrons. The summed E-state index contributed by atoms with van der Waals surface area (Å²) in [4.78, 5) is 4.24. The Kier molecular flexibility index (Phi) is 4.87. The second kappa shape index (κ2) is 7.26. The fourth-order valence-electron chi connectivity index (χ4n) is 2.18. The minimum Gasteiger partial charge on any atom is -0.495 e. The predicted octanol–water partition coefficient (Wildman–Crippen LogP) is 4.39. The number of nitrogens with zero attached hydrogens (tertiary/aromatic N) is 3. The lowest BCUT2D eigenvalue weighted by molar-refractivity contribution is -0.137. The van der Waals surface area contributed by atoms with Crippen molar-refractivity contribution >= 4 is 23.1 Å². The standard InChI is InChI=1S/C17H14F3N5O/c1-26-14-5-3-2-4-13(14)23-16-24-15(10-21-25-16)22-12-8-6-11(7-9-12)17(18,19)20/h2-10H,1H3,(H2,22,23,24,25). The molecule has 3 rings (SSSR count). The van der Waals surface area contributed by atoms with Crippen LogP contribution in [0.5, 0.6) is 5.75 Å². The van der Waals surface area contributed by atoms with Crippen molar-refractivity contribution in [3.63, 3.8) is 0 Å². The Morgan fingerprint density at radius 3 is 2.38 bits per heavy atom. The first-order valence-electron chi connectivity index (χ1n) is 7.50. The molecule has 0 unspecified atom stereocenters. The third-order valence-electron chi connectivity index (χ3n) is 3.40. The second-order valence-corrected chi connectivity index (χ2v) is 5.19. The Labute approximate surface area is 147 Å². The van der Waals surface area contributed by atoms with Crippen LogP contribution in [0.15, 0.2) is 54.7 Å². The first kappa shape index (κ1) is 17.5. The predicted molar refractivity (Wildman–Crippen MR) is 90.8 cm³/mol. The van der Waals surface area contributed by atoms with Crippen molar-refractivity contribution in [1.82, 2.24) is 15.2 Å². The minimum absolute atomic E-state index is 0.214. The number of aromatic nitrogens is 3. The number of rotatable bonds is 5. The van der Waals surface area contributed by atoms with Crippen LogP contribution in [0.1, 0.15) is 5.56 Å². The molecule has 26 heavy (non-hydrogen) atoms. The number of para-hydroxylation sites is 2. The number of halogens is 3. The number of methoxy groups -OCH3 is 1. The molecule has 1 heterocycles.